The molecule has 2 saturated carbocycles. The fourth-order valence-electron chi connectivity index (χ4n) is 7.33. The first-order valence-electron chi connectivity index (χ1n) is 13.5. The zero-order valence-corrected chi connectivity index (χ0v) is 19.8. The molecule has 5 rings (SSSR count). The van der Waals surface area contributed by atoms with Crippen molar-refractivity contribution in [3.8, 4) is 5.75 Å². The second kappa shape index (κ2) is 10.2. The van der Waals surface area contributed by atoms with E-state index in [1.807, 2.05) is 12.1 Å². The fourth-order valence-corrected chi connectivity index (χ4v) is 7.33. The highest BCUT2D eigenvalue weighted by Crippen LogP contribution is 2.43. The summed E-state index contributed by atoms with van der Waals surface area (Å²) in [6.45, 7) is 2.98. The van der Waals surface area contributed by atoms with Crippen molar-refractivity contribution in [3.05, 3.63) is 29.8 Å². The van der Waals surface area contributed by atoms with Gasteiger partial charge in [0.25, 0.3) is 0 Å². The minimum Gasteiger partial charge on any atom is -0.508 e. The summed E-state index contributed by atoms with van der Waals surface area (Å²) < 4.78 is 0. The van der Waals surface area contributed by atoms with E-state index in [2.05, 4.69) is 15.9 Å². The van der Waals surface area contributed by atoms with Gasteiger partial charge in [-0.25, -0.2) is 0 Å². The molecule has 1 unspecified atom stereocenters. The summed E-state index contributed by atoms with van der Waals surface area (Å²) >= 11 is 0. The molecule has 4 aliphatic rings. The number of amides is 1. The number of phenols is 1. The maximum atomic E-state index is 13.4. The van der Waals surface area contributed by atoms with Crippen LogP contribution >= 0.6 is 0 Å². The van der Waals surface area contributed by atoms with Crippen molar-refractivity contribution >= 4 is 5.91 Å². The van der Waals surface area contributed by atoms with Gasteiger partial charge < -0.3 is 10.0 Å². The van der Waals surface area contributed by atoms with Crippen LogP contribution in [0.5, 0.6) is 5.75 Å². The molecular formula is C28H42N2O2. The molecule has 1 aromatic carbocycles. The average molecular weight is 439 g/mol. The highest BCUT2D eigenvalue weighted by molar-refractivity contribution is 5.79. The summed E-state index contributed by atoms with van der Waals surface area (Å²) in [6.07, 6.45) is 16.4. The molecule has 3 atom stereocenters. The molecule has 32 heavy (non-hydrogen) atoms. The quantitative estimate of drug-likeness (QED) is 0.594. The topological polar surface area (TPSA) is 43.8 Å². The summed E-state index contributed by atoms with van der Waals surface area (Å²) in [4.78, 5) is 18.5. The fraction of sp³-hybridized carbons (Fsp3) is 0.750. The normalized spacial score (nSPS) is 29.4. The number of carbonyl (C=O) groups excluding carboxylic acids is 1. The summed E-state index contributed by atoms with van der Waals surface area (Å²) in [6, 6.07) is 9.18. The number of rotatable bonds is 7. The van der Waals surface area contributed by atoms with Gasteiger partial charge >= 0.3 is 0 Å². The van der Waals surface area contributed by atoms with E-state index < -0.39 is 0 Å². The Kier molecular flexibility index (Phi) is 7.06. The summed E-state index contributed by atoms with van der Waals surface area (Å²) in [7, 11) is 0. The Morgan fingerprint density at radius 1 is 0.938 bits per heavy atom. The molecule has 4 heteroatoms. The molecule has 0 radical (unpaired) electrons. The summed E-state index contributed by atoms with van der Waals surface area (Å²) in [5.41, 5.74) is 1.30. The van der Waals surface area contributed by atoms with Crippen molar-refractivity contribution in [2.45, 2.75) is 101 Å². The van der Waals surface area contributed by atoms with Gasteiger partial charge in [0.1, 0.15) is 5.75 Å². The Hall–Kier alpha value is -1.55. The number of aromatic hydroxyl groups is 1. The van der Waals surface area contributed by atoms with Gasteiger partial charge in [-0.05, 0) is 80.9 Å². The molecule has 2 heterocycles. The van der Waals surface area contributed by atoms with Crippen LogP contribution in [0.25, 0.3) is 0 Å². The van der Waals surface area contributed by atoms with Crippen molar-refractivity contribution in [1.29, 1.82) is 0 Å². The van der Waals surface area contributed by atoms with Crippen LogP contribution < -0.4 is 0 Å². The van der Waals surface area contributed by atoms with E-state index in [4.69, 9.17) is 0 Å². The zero-order chi connectivity index (χ0) is 21.9. The predicted octanol–water partition coefficient (Wildman–Crippen LogP) is 5.70. The Morgan fingerprint density at radius 3 is 2.31 bits per heavy atom. The molecule has 4 nitrogen and oxygen atoms in total. The van der Waals surface area contributed by atoms with Crippen LogP contribution in [0.3, 0.4) is 0 Å². The van der Waals surface area contributed by atoms with E-state index in [9.17, 15) is 9.90 Å². The zero-order valence-electron chi connectivity index (χ0n) is 19.8. The van der Waals surface area contributed by atoms with E-state index >= 15 is 0 Å². The minimum atomic E-state index is 0.298. The third-order valence-electron chi connectivity index (χ3n) is 9.07. The Balaban J connectivity index is 1.21. The van der Waals surface area contributed by atoms with Crippen LogP contribution in [-0.4, -0.2) is 52.5 Å². The van der Waals surface area contributed by atoms with Crippen molar-refractivity contribution in [1.82, 2.24) is 9.80 Å². The lowest BCUT2D eigenvalue weighted by Crippen LogP contribution is -2.48. The summed E-state index contributed by atoms with van der Waals surface area (Å²) in [5.74, 6) is 2.44. The summed E-state index contributed by atoms with van der Waals surface area (Å²) in [5, 5.41) is 9.92. The molecule has 2 saturated heterocycles. The number of benzene rings is 1. The molecule has 0 spiro atoms. The first-order chi connectivity index (χ1) is 15.7. The highest BCUT2D eigenvalue weighted by atomic mass is 16.3. The minimum absolute atomic E-state index is 0.298. The van der Waals surface area contributed by atoms with E-state index in [1.54, 1.807) is 6.07 Å². The molecule has 2 bridgehead atoms. The van der Waals surface area contributed by atoms with Crippen molar-refractivity contribution in [2.75, 3.05) is 19.6 Å². The molecule has 1 N–H and O–H groups in total. The molecular weight excluding hydrogens is 396 g/mol. The number of phenolic OH excluding ortho intramolecular Hbond substituents is 1. The maximum absolute atomic E-state index is 13.4. The Bertz CT molecular complexity index is 754. The van der Waals surface area contributed by atoms with Crippen LogP contribution in [0.15, 0.2) is 24.3 Å². The van der Waals surface area contributed by atoms with Crippen molar-refractivity contribution < 1.29 is 9.90 Å². The first-order valence-corrected chi connectivity index (χ1v) is 13.5. The SMILES string of the molecule is O=C(C1CCCC1)N(CCN1[C@@H]2CC[C@H]1CC(c1cccc(O)c1)C2)CC1CCCCC1. The number of carbonyl (C=O) groups is 1. The smallest absolute Gasteiger partial charge is 0.225 e. The van der Waals surface area contributed by atoms with Crippen LogP contribution in [-0.2, 0) is 4.79 Å². The van der Waals surface area contributed by atoms with Gasteiger partial charge in [0.15, 0.2) is 0 Å². The Labute approximate surface area is 194 Å². The van der Waals surface area contributed by atoms with Gasteiger partial charge in [0.05, 0.1) is 0 Å². The molecule has 2 aliphatic carbocycles. The third-order valence-corrected chi connectivity index (χ3v) is 9.07. The van der Waals surface area contributed by atoms with Gasteiger partial charge in [-0.3, -0.25) is 9.69 Å². The van der Waals surface area contributed by atoms with Crippen LogP contribution in [0.1, 0.15) is 95.0 Å². The second-order valence-corrected chi connectivity index (χ2v) is 11.2. The maximum Gasteiger partial charge on any atom is 0.225 e. The third kappa shape index (κ3) is 5.00. The van der Waals surface area contributed by atoms with Gasteiger partial charge in [0, 0.05) is 37.6 Å². The molecule has 2 aliphatic heterocycles. The number of nitrogens with zero attached hydrogens (tertiary/aromatic N) is 2. The van der Waals surface area contributed by atoms with Gasteiger partial charge in [0.2, 0.25) is 5.91 Å². The largest absolute Gasteiger partial charge is 0.508 e. The molecule has 0 aromatic heterocycles. The monoisotopic (exact) mass is 438 g/mol. The molecule has 1 amide bonds. The van der Waals surface area contributed by atoms with E-state index in [0.717, 1.165) is 38.4 Å². The standard InChI is InChI=1S/C28H42N2O2/c31-27-12-6-11-23(19-27)24-17-25-13-14-26(18-24)30(25)16-15-29(20-21-7-2-1-3-8-21)28(32)22-9-4-5-10-22/h6,11-12,19,21-22,24-26,31H,1-5,7-10,13-18,20H2/t24?,25-,26+. The number of fused-ring (bicyclic) bond motifs is 2. The molecule has 1 aromatic rings. The van der Waals surface area contributed by atoms with Crippen LogP contribution in [0, 0.1) is 11.8 Å². The Morgan fingerprint density at radius 2 is 1.62 bits per heavy atom. The predicted molar refractivity (Wildman–Crippen MR) is 129 cm³/mol. The van der Waals surface area contributed by atoms with E-state index in [-0.39, 0.29) is 0 Å². The number of piperidine rings is 1. The lowest BCUT2D eigenvalue weighted by atomic mass is 9.85. The van der Waals surface area contributed by atoms with Gasteiger partial charge in [-0.1, -0.05) is 44.2 Å². The first kappa shape index (κ1) is 22.3. The lowest BCUT2D eigenvalue weighted by molar-refractivity contribution is -0.136. The number of hydrogen-bond donors (Lipinski definition) is 1. The number of hydrogen-bond acceptors (Lipinski definition) is 3. The van der Waals surface area contributed by atoms with Crippen molar-refractivity contribution in [3.63, 3.8) is 0 Å². The molecule has 4 fully saturated rings. The van der Waals surface area contributed by atoms with Gasteiger partial charge in [-0.15, -0.1) is 0 Å². The van der Waals surface area contributed by atoms with Crippen LogP contribution in [0.2, 0.25) is 0 Å². The van der Waals surface area contributed by atoms with E-state index in [0.29, 0.717) is 35.6 Å². The van der Waals surface area contributed by atoms with Gasteiger partial charge in [-0.2, -0.15) is 0 Å². The highest BCUT2D eigenvalue weighted by Gasteiger charge is 2.41. The average Bonchev–Trinajstić information content (AvgIpc) is 3.43. The van der Waals surface area contributed by atoms with Crippen molar-refractivity contribution in [2.24, 2.45) is 11.8 Å². The van der Waals surface area contributed by atoms with Crippen LogP contribution in [0.4, 0.5) is 0 Å². The second-order valence-electron chi connectivity index (χ2n) is 11.2. The van der Waals surface area contributed by atoms with E-state index in [1.165, 1.54) is 76.2 Å². The molecule has 176 valence electrons. The lowest BCUT2D eigenvalue weighted by Gasteiger charge is -2.41.